The van der Waals surface area contributed by atoms with Crippen LogP contribution in [0.25, 0.3) is 22.5 Å². The van der Waals surface area contributed by atoms with E-state index in [-0.39, 0.29) is 29.5 Å². The lowest BCUT2D eigenvalue weighted by Gasteiger charge is -2.40. The number of thiol groups is 3. The Morgan fingerprint density at radius 1 is 1.05 bits per heavy atom. The first kappa shape index (κ1) is 26.3. The molecule has 196 valence electrons. The van der Waals surface area contributed by atoms with Gasteiger partial charge in [0.15, 0.2) is 11.6 Å². The van der Waals surface area contributed by atoms with E-state index < -0.39 is 9.77 Å². The highest BCUT2D eigenvalue weighted by Gasteiger charge is 2.41. The third-order valence-corrected chi connectivity index (χ3v) is 7.25. The van der Waals surface area contributed by atoms with Crippen molar-refractivity contribution in [3.63, 3.8) is 0 Å². The number of halogens is 1. The Morgan fingerprint density at radius 2 is 1.86 bits per heavy atom. The first-order chi connectivity index (χ1) is 17.7. The molecule has 1 N–H and O–H groups in total. The molecule has 5 rings (SSSR count). The molecule has 0 radical (unpaired) electrons. The van der Waals surface area contributed by atoms with Gasteiger partial charge in [-0.2, -0.15) is 5.10 Å². The number of hydrogen-bond donors (Lipinski definition) is 4. The molecule has 3 atom stereocenters. The molecule has 0 unspecified atom stereocenters. The summed E-state index contributed by atoms with van der Waals surface area (Å²) < 4.78 is 19.1. The molecule has 3 aromatic rings. The van der Waals surface area contributed by atoms with Crippen molar-refractivity contribution >= 4 is 43.7 Å². The van der Waals surface area contributed by atoms with Gasteiger partial charge in [0.2, 0.25) is 9.48 Å². The van der Waals surface area contributed by atoms with Gasteiger partial charge in [0.1, 0.15) is 11.9 Å². The monoisotopic (exact) mass is 560 g/mol. The van der Waals surface area contributed by atoms with Crippen LogP contribution in [-0.4, -0.2) is 52.3 Å². The van der Waals surface area contributed by atoms with Crippen LogP contribution in [0.4, 0.5) is 10.2 Å². The van der Waals surface area contributed by atoms with E-state index in [1.807, 2.05) is 0 Å². The molecule has 0 bridgehead atoms. The maximum atomic E-state index is 15.0. The standard InChI is InChI=1S/C25H29FN6O2S3/c1-2-14-3-8-19(26)20(9-14)32(17-5-6-17)22-13-27-24(31-29-22)18-7-4-15(10-21(18)33)16-11-23(30-28-12-16)34-25(35,36)37/h4,7,10-14,17,19-20,33,35-37H,2-3,5-6,8-9H2,1H3/t14-,19+,20-/m1/s1. The van der Waals surface area contributed by atoms with Crippen molar-refractivity contribution in [2.45, 2.75) is 67.3 Å². The second-order valence-electron chi connectivity index (χ2n) is 9.64. The molecule has 12 heteroatoms. The molecule has 2 heterocycles. The van der Waals surface area contributed by atoms with Crippen molar-refractivity contribution in [2.24, 2.45) is 5.92 Å². The van der Waals surface area contributed by atoms with Gasteiger partial charge in [-0.1, -0.05) is 19.4 Å². The molecular formula is C25H29FN6O2S3. The van der Waals surface area contributed by atoms with Crippen molar-refractivity contribution in [3.8, 4) is 34.1 Å². The van der Waals surface area contributed by atoms with E-state index >= 15 is 0 Å². The summed E-state index contributed by atoms with van der Waals surface area (Å²) >= 11 is 12.3. The summed E-state index contributed by atoms with van der Waals surface area (Å²) in [5, 5.41) is 27.3. The minimum Gasteiger partial charge on any atom is -0.507 e. The van der Waals surface area contributed by atoms with Gasteiger partial charge in [-0.3, -0.25) is 0 Å². The molecule has 2 fully saturated rings. The Balaban J connectivity index is 1.37. The molecule has 0 saturated heterocycles. The second-order valence-corrected chi connectivity index (χ2v) is 12.6. The van der Waals surface area contributed by atoms with Crippen LogP contribution < -0.4 is 9.64 Å². The molecular weight excluding hydrogens is 532 g/mol. The van der Waals surface area contributed by atoms with E-state index in [0.717, 1.165) is 32.1 Å². The minimum atomic E-state index is -1.31. The quantitative estimate of drug-likeness (QED) is 0.216. The van der Waals surface area contributed by atoms with Crippen LogP contribution in [0.5, 0.6) is 11.6 Å². The molecule has 2 aromatic heterocycles. The number of anilines is 1. The molecule has 8 nitrogen and oxygen atoms in total. The van der Waals surface area contributed by atoms with Gasteiger partial charge in [0.25, 0.3) is 0 Å². The molecule has 1 aromatic carbocycles. The number of phenolic OH excluding ortho intramolecular Hbond substituents is 1. The zero-order chi connectivity index (χ0) is 26.2. The number of aromatic nitrogens is 5. The Labute approximate surface area is 231 Å². The van der Waals surface area contributed by atoms with E-state index in [1.54, 1.807) is 36.7 Å². The fourth-order valence-electron chi connectivity index (χ4n) is 4.94. The number of phenols is 1. The van der Waals surface area contributed by atoms with Gasteiger partial charge in [-0.15, -0.1) is 53.2 Å². The van der Waals surface area contributed by atoms with Gasteiger partial charge in [0, 0.05) is 17.7 Å². The summed E-state index contributed by atoms with van der Waals surface area (Å²) in [5.74, 6) is 1.58. The normalized spacial score (nSPS) is 22.0. The van der Waals surface area contributed by atoms with Crippen LogP contribution >= 0.6 is 37.9 Å². The number of hydrogen-bond acceptors (Lipinski definition) is 11. The van der Waals surface area contributed by atoms with Crippen LogP contribution in [0.3, 0.4) is 0 Å². The largest absolute Gasteiger partial charge is 0.507 e. The first-order valence-corrected chi connectivity index (χ1v) is 13.7. The third kappa shape index (κ3) is 6.23. The second kappa shape index (κ2) is 10.8. The molecule has 2 aliphatic carbocycles. The van der Waals surface area contributed by atoms with Crippen molar-refractivity contribution < 1.29 is 14.2 Å². The lowest BCUT2D eigenvalue weighted by atomic mass is 9.82. The zero-order valence-electron chi connectivity index (χ0n) is 20.3. The number of nitrogens with zero attached hydrogens (tertiary/aromatic N) is 6. The highest BCUT2D eigenvalue weighted by Crippen LogP contribution is 2.40. The lowest BCUT2D eigenvalue weighted by molar-refractivity contribution is 0.166. The fraction of sp³-hybridized carbons (Fsp3) is 0.480. The maximum absolute atomic E-state index is 15.0. The smallest absolute Gasteiger partial charge is 0.243 e. The average Bonchev–Trinajstić information content (AvgIpc) is 3.70. The van der Waals surface area contributed by atoms with E-state index in [1.165, 1.54) is 0 Å². The summed E-state index contributed by atoms with van der Waals surface area (Å²) in [4.78, 5) is 6.59. The van der Waals surface area contributed by atoms with E-state index in [2.05, 4.69) is 75.1 Å². The van der Waals surface area contributed by atoms with E-state index in [0.29, 0.717) is 34.8 Å². The summed E-state index contributed by atoms with van der Waals surface area (Å²) in [6, 6.07) is 6.84. The number of aromatic hydroxyl groups is 1. The highest BCUT2D eigenvalue weighted by atomic mass is 32.2. The van der Waals surface area contributed by atoms with E-state index in [4.69, 9.17) is 4.74 Å². The Kier molecular flexibility index (Phi) is 7.69. The highest BCUT2D eigenvalue weighted by molar-refractivity contribution is 8.16. The Morgan fingerprint density at radius 3 is 2.51 bits per heavy atom. The number of ether oxygens (including phenoxy) is 1. The minimum absolute atomic E-state index is 0.0146. The van der Waals surface area contributed by atoms with Crippen LogP contribution in [0, 0.1) is 5.92 Å². The van der Waals surface area contributed by atoms with Crippen LogP contribution in [0.15, 0.2) is 36.7 Å². The SMILES string of the molecule is CC[C@@H]1CC[C@H](F)[C@H](N(c2cnc(-c3ccc(-c4cnnc(OC(S)(S)S)c4)cc3O)nn2)C2CC2)C1. The zero-order valence-corrected chi connectivity index (χ0v) is 23.0. The third-order valence-electron chi connectivity index (χ3n) is 6.98. The molecule has 2 saturated carbocycles. The number of benzene rings is 1. The average molecular weight is 561 g/mol. The van der Waals surface area contributed by atoms with Gasteiger partial charge >= 0.3 is 0 Å². The Hall–Kier alpha value is -2.31. The molecule has 37 heavy (non-hydrogen) atoms. The first-order valence-electron chi connectivity index (χ1n) is 12.4. The molecule has 0 amide bonds. The van der Waals surface area contributed by atoms with Gasteiger partial charge in [-0.05, 0) is 55.7 Å². The molecule has 0 aliphatic heterocycles. The topological polar surface area (TPSA) is 97.2 Å². The molecule has 0 spiro atoms. The van der Waals surface area contributed by atoms with Crippen molar-refractivity contribution in [3.05, 3.63) is 36.7 Å². The summed E-state index contributed by atoms with van der Waals surface area (Å²) in [6.45, 7) is 2.17. The lowest BCUT2D eigenvalue weighted by Crippen LogP contribution is -2.47. The maximum Gasteiger partial charge on any atom is 0.243 e. The van der Waals surface area contributed by atoms with Crippen molar-refractivity contribution in [1.82, 2.24) is 25.4 Å². The molecule has 2 aliphatic rings. The van der Waals surface area contributed by atoms with E-state index in [9.17, 15) is 9.50 Å². The number of alkyl halides is 1. The Bertz CT molecular complexity index is 1240. The van der Waals surface area contributed by atoms with Crippen LogP contribution in [0.1, 0.15) is 45.4 Å². The summed E-state index contributed by atoms with van der Waals surface area (Å²) in [5.41, 5.74) is 1.79. The predicted octanol–water partition coefficient (Wildman–Crippen LogP) is 5.37. The van der Waals surface area contributed by atoms with Crippen LogP contribution in [0.2, 0.25) is 0 Å². The van der Waals surface area contributed by atoms with Crippen molar-refractivity contribution in [2.75, 3.05) is 4.90 Å². The van der Waals surface area contributed by atoms with Crippen molar-refractivity contribution in [1.29, 1.82) is 0 Å². The predicted molar refractivity (Wildman–Crippen MR) is 150 cm³/mol. The summed E-state index contributed by atoms with van der Waals surface area (Å²) in [6.07, 6.45) is 7.78. The van der Waals surface area contributed by atoms with Gasteiger partial charge in [-0.25, -0.2) is 9.37 Å². The fourth-order valence-corrected chi connectivity index (χ4v) is 5.22. The number of rotatable bonds is 8. The van der Waals surface area contributed by atoms with Crippen LogP contribution in [-0.2, 0) is 0 Å². The van der Waals surface area contributed by atoms with Gasteiger partial charge < -0.3 is 14.7 Å². The summed E-state index contributed by atoms with van der Waals surface area (Å²) in [7, 11) is 0. The van der Waals surface area contributed by atoms with Gasteiger partial charge in [0.05, 0.1) is 24.0 Å².